The average Bonchev–Trinajstić information content (AvgIpc) is 2.18. The molecule has 0 fully saturated rings. The van der Waals surface area contributed by atoms with Gasteiger partial charge in [0.1, 0.15) is 0 Å². The van der Waals surface area contributed by atoms with Gasteiger partial charge in [0.05, 0.1) is 6.10 Å². The molecule has 0 amide bonds. The first-order valence-electron chi connectivity index (χ1n) is 5.23. The van der Waals surface area contributed by atoms with Gasteiger partial charge in [-0.15, -0.1) is 0 Å². The minimum Gasteiger partial charge on any atom is -0.393 e. The van der Waals surface area contributed by atoms with Crippen molar-refractivity contribution in [3.05, 3.63) is 29.8 Å². The fourth-order valence-corrected chi connectivity index (χ4v) is 1.33. The Kier molecular flexibility index (Phi) is 4.47. The van der Waals surface area contributed by atoms with Crippen LogP contribution in [-0.4, -0.2) is 17.8 Å². The molecule has 78 valence electrons. The minimum absolute atomic E-state index is 0.225. The van der Waals surface area contributed by atoms with Crippen molar-refractivity contribution in [1.29, 1.82) is 0 Å². The maximum absolute atomic E-state index is 9.09. The van der Waals surface area contributed by atoms with E-state index in [9.17, 15) is 0 Å². The molecule has 1 aromatic rings. The highest BCUT2D eigenvalue weighted by Crippen LogP contribution is 2.10. The number of aryl methyl sites for hydroxylation is 1. The summed E-state index contributed by atoms with van der Waals surface area (Å²) in [4.78, 5) is 0. The van der Waals surface area contributed by atoms with Crippen molar-refractivity contribution in [2.45, 2.75) is 32.8 Å². The van der Waals surface area contributed by atoms with Gasteiger partial charge >= 0.3 is 0 Å². The number of nitrogens with one attached hydrogen (secondary N) is 1. The van der Waals surface area contributed by atoms with Crippen LogP contribution in [0.5, 0.6) is 0 Å². The molecule has 1 atom stereocenters. The molecule has 0 radical (unpaired) electrons. The Morgan fingerprint density at radius 3 is 2.86 bits per heavy atom. The van der Waals surface area contributed by atoms with Crippen LogP contribution in [0.3, 0.4) is 0 Å². The molecule has 0 aliphatic rings. The van der Waals surface area contributed by atoms with Crippen molar-refractivity contribution < 1.29 is 5.11 Å². The van der Waals surface area contributed by atoms with Gasteiger partial charge in [0.2, 0.25) is 0 Å². The van der Waals surface area contributed by atoms with Crippen LogP contribution in [0.2, 0.25) is 0 Å². The molecule has 14 heavy (non-hydrogen) atoms. The summed E-state index contributed by atoms with van der Waals surface area (Å²) in [7, 11) is 0. The predicted molar refractivity (Wildman–Crippen MR) is 60.6 cm³/mol. The molecule has 2 nitrogen and oxygen atoms in total. The lowest BCUT2D eigenvalue weighted by Crippen LogP contribution is -2.09. The second-order valence-electron chi connectivity index (χ2n) is 3.62. The van der Waals surface area contributed by atoms with Crippen molar-refractivity contribution in [1.82, 2.24) is 0 Å². The number of anilines is 1. The monoisotopic (exact) mass is 193 g/mol. The van der Waals surface area contributed by atoms with Crippen molar-refractivity contribution in [3.63, 3.8) is 0 Å². The highest BCUT2D eigenvalue weighted by Gasteiger charge is 1.96. The van der Waals surface area contributed by atoms with E-state index < -0.39 is 0 Å². The third-order valence-electron chi connectivity index (χ3n) is 2.23. The smallest absolute Gasteiger partial charge is 0.0528 e. The van der Waals surface area contributed by atoms with Crippen LogP contribution in [0.15, 0.2) is 24.3 Å². The Morgan fingerprint density at radius 1 is 1.43 bits per heavy atom. The second kappa shape index (κ2) is 5.66. The van der Waals surface area contributed by atoms with Crippen LogP contribution in [-0.2, 0) is 6.42 Å². The summed E-state index contributed by atoms with van der Waals surface area (Å²) >= 11 is 0. The van der Waals surface area contributed by atoms with Gasteiger partial charge in [0.15, 0.2) is 0 Å². The molecule has 2 heteroatoms. The zero-order valence-electron chi connectivity index (χ0n) is 8.96. The first kappa shape index (κ1) is 11.1. The van der Waals surface area contributed by atoms with Gasteiger partial charge in [-0.1, -0.05) is 19.1 Å². The number of rotatable bonds is 5. The zero-order chi connectivity index (χ0) is 10.4. The number of aliphatic hydroxyl groups is 1. The van der Waals surface area contributed by atoms with Gasteiger partial charge in [0, 0.05) is 12.2 Å². The lowest BCUT2D eigenvalue weighted by atomic mass is 10.1. The van der Waals surface area contributed by atoms with Gasteiger partial charge in [-0.3, -0.25) is 0 Å². The summed E-state index contributed by atoms with van der Waals surface area (Å²) in [5, 5.41) is 12.4. The summed E-state index contributed by atoms with van der Waals surface area (Å²) in [5.41, 5.74) is 2.48. The Bertz CT molecular complexity index is 271. The molecular weight excluding hydrogens is 174 g/mol. The maximum atomic E-state index is 9.09. The van der Waals surface area contributed by atoms with Crippen molar-refractivity contribution in [3.8, 4) is 0 Å². The fraction of sp³-hybridized carbons (Fsp3) is 0.500. The Morgan fingerprint density at radius 2 is 2.21 bits per heavy atom. The number of hydrogen-bond donors (Lipinski definition) is 2. The number of benzene rings is 1. The lowest BCUT2D eigenvalue weighted by molar-refractivity contribution is 0.189. The predicted octanol–water partition coefficient (Wildman–Crippen LogP) is 2.43. The summed E-state index contributed by atoms with van der Waals surface area (Å²) in [5.74, 6) is 0. The van der Waals surface area contributed by atoms with Crippen molar-refractivity contribution in [2.75, 3.05) is 11.9 Å². The van der Waals surface area contributed by atoms with Gasteiger partial charge < -0.3 is 10.4 Å². The highest BCUT2D eigenvalue weighted by molar-refractivity contribution is 5.45. The van der Waals surface area contributed by atoms with Crippen molar-refractivity contribution >= 4 is 5.69 Å². The Balaban J connectivity index is 2.42. The minimum atomic E-state index is -0.225. The standard InChI is InChI=1S/C12H19NO/c1-3-11-5-4-6-12(9-11)13-8-7-10(2)14/h4-6,9-10,13-14H,3,7-8H2,1-2H3. The van der Waals surface area contributed by atoms with E-state index in [1.807, 2.05) is 6.92 Å². The molecule has 0 aliphatic heterocycles. The molecule has 1 aromatic carbocycles. The summed E-state index contributed by atoms with van der Waals surface area (Å²) in [6.07, 6.45) is 1.62. The molecule has 0 heterocycles. The first-order chi connectivity index (χ1) is 6.72. The molecule has 1 unspecified atom stereocenters. The molecule has 0 bridgehead atoms. The molecule has 0 spiro atoms. The van der Waals surface area contributed by atoms with E-state index >= 15 is 0 Å². The zero-order valence-corrected chi connectivity index (χ0v) is 8.96. The fourth-order valence-electron chi connectivity index (χ4n) is 1.33. The van der Waals surface area contributed by atoms with Crippen LogP contribution in [0, 0.1) is 0 Å². The first-order valence-corrected chi connectivity index (χ1v) is 5.23. The molecule has 0 saturated carbocycles. The Labute approximate surface area is 86.0 Å². The van der Waals surface area contributed by atoms with Crippen LogP contribution in [0.1, 0.15) is 25.8 Å². The second-order valence-corrected chi connectivity index (χ2v) is 3.62. The van der Waals surface area contributed by atoms with E-state index in [0.29, 0.717) is 0 Å². The van der Waals surface area contributed by atoms with Gasteiger partial charge in [0.25, 0.3) is 0 Å². The summed E-state index contributed by atoms with van der Waals surface area (Å²) < 4.78 is 0. The largest absolute Gasteiger partial charge is 0.393 e. The molecule has 1 rings (SSSR count). The van der Waals surface area contributed by atoms with Gasteiger partial charge in [-0.25, -0.2) is 0 Å². The average molecular weight is 193 g/mol. The molecular formula is C12H19NO. The third-order valence-corrected chi connectivity index (χ3v) is 2.23. The third kappa shape index (κ3) is 3.79. The molecule has 0 saturated heterocycles. The molecule has 2 N–H and O–H groups in total. The van der Waals surface area contributed by atoms with E-state index in [1.54, 1.807) is 0 Å². The number of hydrogen-bond acceptors (Lipinski definition) is 2. The van der Waals surface area contributed by atoms with Gasteiger partial charge in [-0.2, -0.15) is 0 Å². The summed E-state index contributed by atoms with van der Waals surface area (Å²) in [6.45, 7) is 4.78. The number of aliphatic hydroxyl groups excluding tert-OH is 1. The van der Waals surface area contributed by atoms with Crippen molar-refractivity contribution in [2.24, 2.45) is 0 Å². The lowest BCUT2D eigenvalue weighted by Gasteiger charge is -2.08. The van der Waals surface area contributed by atoms with E-state index in [-0.39, 0.29) is 6.10 Å². The van der Waals surface area contributed by atoms with E-state index in [4.69, 9.17) is 5.11 Å². The summed E-state index contributed by atoms with van der Waals surface area (Å²) in [6, 6.07) is 8.40. The van der Waals surface area contributed by atoms with Crippen LogP contribution in [0.25, 0.3) is 0 Å². The van der Waals surface area contributed by atoms with E-state index in [1.165, 1.54) is 5.56 Å². The topological polar surface area (TPSA) is 32.3 Å². The van der Waals surface area contributed by atoms with E-state index in [0.717, 1.165) is 25.1 Å². The molecule has 0 aromatic heterocycles. The maximum Gasteiger partial charge on any atom is 0.0528 e. The normalized spacial score (nSPS) is 12.5. The van der Waals surface area contributed by atoms with Crippen LogP contribution < -0.4 is 5.32 Å². The van der Waals surface area contributed by atoms with E-state index in [2.05, 4.69) is 36.5 Å². The van der Waals surface area contributed by atoms with Crippen LogP contribution in [0.4, 0.5) is 5.69 Å². The van der Waals surface area contributed by atoms with Gasteiger partial charge in [-0.05, 0) is 37.5 Å². The highest BCUT2D eigenvalue weighted by atomic mass is 16.3. The molecule has 0 aliphatic carbocycles. The SMILES string of the molecule is CCc1cccc(NCCC(C)O)c1. The quantitative estimate of drug-likeness (QED) is 0.752. The van der Waals surface area contributed by atoms with Crippen LogP contribution >= 0.6 is 0 Å². The Hall–Kier alpha value is -1.02.